The number of carbonyl (C=O) groups is 2. The summed E-state index contributed by atoms with van der Waals surface area (Å²) in [5.74, 6) is -0.101. The second-order valence-corrected chi connectivity index (χ2v) is 3.61. The van der Waals surface area contributed by atoms with E-state index >= 15 is 0 Å². The Morgan fingerprint density at radius 1 is 1.31 bits per heavy atom. The van der Waals surface area contributed by atoms with E-state index in [0.717, 1.165) is 0 Å². The third kappa shape index (κ3) is 4.61. The summed E-state index contributed by atoms with van der Waals surface area (Å²) in [7, 11) is 0. The van der Waals surface area contributed by atoms with Crippen molar-refractivity contribution >= 4 is 23.4 Å². The first-order valence-electron chi connectivity index (χ1n) is 4.68. The van der Waals surface area contributed by atoms with Crippen LogP contribution in [-0.4, -0.2) is 17.1 Å². The monoisotopic (exact) mass is 233 g/mol. The van der Waals surface area contributed by atoms with Gasteiger partial charge in [0.2, 0.25) is 0 Å². The Hall–Kier alpha value is -1.81. The molecule has 0 atom stereocenters. The first kappa shape index (κ1) is 12.3. The van der Waals surface area contributed by atoms with E-state index in [2.05, 4.69) is 4.98 Å². The lowest BCUT2D eigenvalue weighted by atomic mass is 10.2. The number of thiophene rings is 1. The van der Waals surface area contributed by atoms with Crippen LogP contribution >= 0.6 is 11.3 Å². The van der Waals surface area contributed by atoms with Gasteiger partial charge in [0, 0.05) is 23.3 Å². The molecule has 0 aliphatic heterocycles. The van der Waals surface area contributed by atoms with Gasteiger partial charge in [0.15, 0.2) is 5.78 Å². The highest BCUT2D eigenvalue weighted by molar-refractivity contribution is 7.08. The molecule has 0 radical (unpaired) electrons. The zero-order valence-electron chi connectivity index (χ0n) is 8.58. The van der Waals surface area contributed by atoms with Gasteiger partial charge in [0.1, 0.15) is 6.29 Å². The molecular weight excluding hydrogens is 222 g/mol. The zero-order chi connectivity index (χ0) is 11.6. The average molecular weight is 233 g/mol. The van der Waals surface area contributed by atoms with E-state index in [9.17, 15) is 9.59 Å². The van der Waals surface area contributed by atoms with Crippen LogP contribution < -0.4 is 0 Å². The smallest absolute Gasteiger partial charge is 0.170 e. The molecule has 0 saturated heterocycles. The Morgan fingerprint density at radius 2 is 2.06 bits per heavy atom. The van der Waals surface area contributed by atoms with Crippen LogP contribution in [0.4, 0.5) is 0 Å². The van der Waals surface area contributed by atoms with Crippen LogP contribution in [0.2, 0.25) is 0 Å². The number of aldehydes is 1. The summed E-state index contributed by atoms with van der Waals surface area (Å²) in [6, 6.07) is 7.43. The molecule has 0 bridgehead atoms. The Bertz CT molecular complexity index is 385. The van der Waals surface area contributed by atoms with Gasteiger partial charge in [-0.2, -0.15) is 11.3 Å². The summed E-state index contributed by atoms with van der Waals surface area (Å²) in [4.78, 5) is 24.6. The molecule has 3 nitrogen and oxygen atoms in total. The number of hydrogen-bond acceptors (Lipinski definition) is 4. The molecule has 2 aromatic rings. The fraction of sp³-hybridized carbons (Fsp3) is 0.0833. The quantitative estimate of drug-likeness (QED) is 0.465. The van der Waals surface area contributed by atoms with Crippen molar-refractivity contribution in [3.63, 3.8) is 0 Å². The molecule has 0 aliphatic rings. The molecule has 2 aromatic heterocycles. The zero-order valence-corrected chi connectivity index (χ0v) is 9.39. The third-order valence-corrected chi connectivity index (χ3v) is 2.36. The number of pyridine rings is 1. The van der Waals surface area contributed by atoms with Gasteiger partial charge in [-0.1, -0.05) is 6.07 Å². The molecule has 2 rings (SSSR count). The van der Waals surface area contributed by atoms with Gasteiger partial charge < -0.3 is 4.79 Å². The topological polar surface area (TPSA) is 47.0 Å². The Balaban J connectivity index is 0.000000181. The molecule has 0 saturated carbocycles. The van der Waals surface area contributed by atoms with E-state index in [-0.39, 0.29) is 12.2 Å². The van der Waals surface area contributed by atoms with Crippen LogP contribution in [0.3, 0.4) is 0 Å². The summed E-state index contributed by atoms with van der Waals surface area (Å²) >= 11 is 1.46. The van der Waals surface area contributed by atoms with E-state index in [1.807, 2.05) is 23.6 Å². The lowest BCUT2D eigenvalue weighted by molar-refractivity contribution is -0.107. The standard InChI is InChI=1S/C7H6O2S.C5H5N/c8-3-1-7(9)6-2-4-10-5-6;1-2-4-6-5-3-1/h2-5H,1H2;1-5H. The second-order valence-electron chi connectivity index (χ2n) is 2.83. The normalized spacial score (nSPS) is 8.75. The minimum absolute atomic E-state index is 0.00324. The van der Waals surface area contributed by atoms with Crippen LogP contribution in [0.25, 0.3) is 0 Å². The van der Waals surface area contributed by atoms with Crippen molar-refractivity contribution in [3.05, 3.63) is 53.0 Å². The van der Waals surface area contributed by atoms with Crippen LogP contribution in [-0.2, 0) is 4.79 Å². The summed E-state index contributed by atoms with van der Waals surface area (Å²) in [5, 5.41) is 3.56. The molecule has 82 valence electrons. The molecule has 0 amide bonds. The number of nitrogens with zero attached hydrogens (tertiary/aromatic N) is 1. The van der Waals surface area contributed by atoms with Crippen molar-refractivity contribution in [1.82, 2.24) is 4.98 Å². The van der Waals surface area contributed by atoms with Crippen molar-refractivity contribution in [3.8, 4) is 0 Å². The van der Waals surface area contributed by atoms with Gasteiger partial charge in [-0.05, 0) is 23.6 Å². The van der Waals surface area contributed by atoms with E-state index in [1.165, 1.54) is 11.3 Å². The Morgan fingerprint density at radius 3 is 2.44 bits per heavy atom. The fourth-order valence-electron chi connectivity index (χ4n) is 0.929. The molecule has 0 aliphatic carbocycles. The minimum atomic E-state index is -0.101. The largest absolute Gasteiger partial charge is 0.303 e. The summed E-state index contributed by atoms with van der Waals surface area (Å²) in [6.45, 7) is 0. The van der Waals surface area contributed by atoms with Crippen molar-refractivity contribution in [2.24, 2.45) is 0 Å². The van der Waals surface area contributed by atoms with Crippen LogP contribution in [0.15, 0.2) is 47.4 Å². The molecule has 2 heterocycles. The third-order valence-electron chi connectivity index (χ3n) is 1.68. The summed E-state index contributed by atoms with van der Waals surface area (Å²) in [6.07, 6.45) is 4.12. The Labute approximate surface area is 97.8 Å². The first-order valence-corrected chi connectivity index (χ1v) is 5.63. The molecular formula is C12H11NO2S. The summed E-state index contributed by atoms with van der Waals surface area (Å²) < 4.78 is 0. The Kier molecular flexibility index (Phi) is 5.73. The predicted molar refractivity (Wildman–Crippen MR) is 63.6 cm³/mol. The van der Waals surface area contributed by atoms with Crippen molar-refractivity contribution in [1.29, 1.82) is 0 Å². The van der Waals surface area contributed by atoms with Crippen molar-refractivity contribution < 1.29 is 9.59 Å². The highest BCUT2D eigenvalue weighted by atomic mass is 32.1. The van der Waals surface area contributed by atoms with Gasteiger partial charge in [-0.15, -0.1) is 0 Å². The lowest BCUT2D eigenvalue weighted by Crippen LogP contribution is -1.96. The predicted octanol–water partition coefficient (Wildman–Crippen LogP) is 2.60. The van der Waals surface area contributed by atoms with Gasteiger partial charge >= 0.3 is 0 Å². The van der Waals surface area contributed by atoms with E-state index < -0.39 is 0 Å². The second kappa shape index (κ2) is 7.48. The number of hydrogen-bond donors (Lipinski definition) is 0. The average Bonchev–Trinajstić information content (AvgIpc) is 2.86. The van der Waals surface area contributed by atoms with Crippen LogP contribution in [0, 0.1) is 0 Å². The van der Waals surface area contributed by atoms with Gasteiger partial charge in [0.05, 0.1) is 6.42 Å². The molecule has 0 N–H and O–H groups in total. The molecule has 0 aromatic carbocycles. The van der Waals surface area contributed by atoms with Crippen molar-refractivity contribution in [2.75, 3.05) is 0 Å². The van der Waals surface area contributed by atoms with Gasteiger partial charge in [-0.25, -0.2) is 0 Å². The van der Waals surface area contributed by atoms with Crippen LogP contribution in [0.5, 0.6) is 0 Å². The number of carbonyl (C=O) groups excluding carboxylic acids is 2. The maximum absolute atomic E-state index is 10.9. The number of aromatic nitrogens is 1. The SMILES string of the molecule is O=CCC(=O)c1ccsc1.c1ccncc1. The van der Waals surface area contributed by atoms with Crippen LogP contribution in [0.1, 0.15) is 16.8 Å². The van der Waals surface area contributed by atoms with E-state index in [1.54, 1.807) is 23.8 Å². The lowest BCUT2D eigenvalue weighted by Gasteiger charge is -1.86. The molecule has 0 unspecified atom stereocenters. The van der Waals surface area contributed by atoms with Crippen molar-refractivity contribution in [2.45, 2.75) is 6.42 Å². The maximum Gasteiger partial charge on any atom is 0.170 e. The summed E-state index contributed by atoms with van der Waals surface area (Å²) in [5.41, 5.74) is 0.636. The van der Waals surface area contributed by atoms with E-state index in [4.69, 9.17) is 0 Å². The van der Waals surface area contributed by atoms with E-state index in [0.29, 0.717) is 11.8 Å². The fourth-order valence-corrected chi connectivity index (χ4v) is 1.59. The minimum Gasteiger partial charge on any atom is -0.303 e. The first-order chi connectivity index (χ1) is 7.84. The number of Topliss-reactive ketones (excluding diaryl/α,β-unsaturated/α-hetero) is 1. The highest BCUT2D eigenvalue weighted by Gasteiger charge is 2.03. The maximum atomic E-state index is 10.9. The molecule has 16 heavy (non-hydrogen) atoms. The van der Waals surface area contributed by atoms with Gasteiger partial charge in [-0.3, -0.25) is 9.78 Å². The molecule has 0 spiro atoms. The highest BCUT2D eigenvalue weighted by Crippen LogP contribution is 2.07. The number of ketones is 1. The van der Waals surface area contributed by atoms with Gasteiger partial charge in [0.25, 0.3) is 0 Å². The molecule has 4 heteroatoms. The number of rotatable bonds is 3. The molecule has 0 fully saturated rings.